The molecule has 0 bridgehead atoms. The Hall–Kier alpha value is -0.900. The number of hydrogen-bond donors (Lipinski definition) is 1. The molecule has 0 spiro atoms. The van der Waals surface area contributed by atoms with Crippen molar-refractivity contribution in [3.05, 3.63) is 34.9 Å². The third-order valence-electron chi connectivity index (χ3n) is 4.69. The van der Waals surface area contributed by atoms with Crippen molar-refractivity contribution in [1.82, 2.24) is 9.80 Å². The van der Waals surface area contributed by atoms with E-state index in [4.69, 9.17) is 5.73 Å². The van der Waals surface area contributed by atoms with Gasteiger partial charge in [0.2, 0.25) is 0 Å². The van der Waals surface area contributed by atoms with Crippen LogP contribution in [0, 0.1) is 13.8 Å². The van der Waals surface area contributed by atoms with Crippen molar-refractivity contribution >= 4 is 0 Å². The molecular weight excluding hydrogens is 246 g/mol. The van der Waals surface area contributed by atoms with Gasteiger partial charge in [0.1, 0.15) is 0 Å². The lowest BCUT2D eigenvalue weighted by Crippen LogP contribution is -2.51. The maximum absolute atomic E-state index is 6.57. The highest BCUT2D eigenvalue weighted by atomic mass is 15.2. The Bertz CT molecular complexity index is 424. The van der Waals surface area contributed by atoms with E-state index in [1.165, 1.54) is 29.7 Å². The highest BCUT2D eigenvalue weighted by Crippen LogP contribution is 2.18. The predicted octanol–water partition coefficient (Wildman–Crippen LogP) is 1.81. The molecule has 2 N–H and O–H groups in total. The van der Waals surface area contributed by atoms with Crippen molar-refractivity contribution in [3.8, 4) is 0 Å². The zero-order valence-electron chi connectivity index (χ0n) is 13.4. The molecule has 0 aromatic heterocycles. The third kappa shape index (κ3) is 3.60. The molecule has 1 aromatic rings. The average Bonchev–Trinajstić information content (AvgIpc) is 2.56. The van der Waals surface area contributed by atoms with E-state index in [1.807, 2.05) is 0 Å². The standard InChI is InChI=1S/C17H29N3/c1-13-7-5-8-14(2)15(13)11-16(18)17-12-19(3)9-6-10-20(17)4/h5,7-8,16-17H,6,9-12,18H2,1-4H3. The Balaban J connectivity index is 2.12. The smallest absolute Gasteiger partial charge is 0.0374 e. The summed E-state index contributed by atoms with van der Waals surface area (Å²) in [6, 6.07) is 7.16. The summed E-state index contributed by atoms with van der Waals surface area (Å²) >= 11 is 0. The molecule has 2 unspecified atom stereocenters. The van der Waals surface area contributed by atoms with Crippen LogP contribution in [0.3, 0.4) is 0 Å². The molecule has 1 aromatic carbocycles. The zero-order valence-corrected chi connectivity index (χ0v) is 13.4. The molecule has 2 rings (SSSR count). The van der Waals surface area contributed by atoms with E-state index in [9.17, 15) is 0 Å². The fourth-order valence-corrected chi connectivity index (χ4v) is 3.31. The normalized spacial score (nSPS) is 23.6. The maximum atomic E-state index is 6.57. The van der Waals surface area contributed by atoms with Crippen molar-refractivity contribution in [1.29, 1.82) is 0 Å². The predicted molar refractivity (Wildman–Crippen MR) is 86.1 cm³/mol. The molecule has 3 heteroatoms. The monoisotopic (exact) mass is 275 g/mol. The summed E-state index contributed by atoms with van der Waals surface area (Å²) in [4.78, 5) is 4.86. The van der Waals surface area contributed by atoms with Gasteiger partial charge in [0, 0.05) is 18.6 Å². The summed E-state index contributed by atoms with van der Waals surface area (Å²) in [5, 5.41) is 0. The number of nitrogens with zero attached hydrogens (tertiary/aromatic N) is 2. The lowest BCUT2D eigenvalue weighted by atomic mass is 9.93. The summed E-state index contributed by atoms with van der Waals surface area (Å²) in [6.07, 6.45) is 2.21. The first-order chi connectivity index (χ1) is 9.49. The Kier molecular flexibility index (Phi) is 5.19. The number of likely N-dealkylation sites (N-methyl/N-ethyl adjacent to an activating group) is 2. The minimum absolute atomic E-state index is 0.195. The first-order valence-corrected chi connectivity index (χ1v) is 7.68. The van der Waals surface area contributed by atoms with Crippen LogP contribution in [0.2, 0.25) is 0 Å². The van der Waals surface area contributed by atoms with Crippen LogP contribution in [0.5, 0.6) is 0 Å². The summed E-state index contributed by atoms with van der Waals surface area (Å²) in [6.45, 7) is 7.78. The lowest BCUT2D eigenvalue weighted by molar-refractivity contribution is 0.195. The highest BCUT2D eigenvalue weighted by Gasteiger charge is 2.26. The van der Waals surface area contributed by atoms with Crippen LogP contribution in [0.1, 0.15) is 23.1 Å². The molecule has 3 nitrogen and oxygen atoms in total. The van der Waals surface area contributed by atoms with Gasteiger partial charge in [-0.2, -0.15) is 0 Å². The second kappa shape index (κ2) is 6.70. The molecule has 0 amide bonds. The van der Waals surface area contributed by atoms with E-state index in [-0.39, 0.29) is 6.04 Å². The highest BCUT2D eigenvalue weighted by molar-refractivity contribution is 5.34. The van der Waals surface area contributed by atoms with E-state index >= 15 is 0 Å². The van der Waals surface area contributed by atoms with E-state index in [0.29, 0.717) is 6.04 Å². The molecule has 1 aliphatic heterocycles. The number of benzene rings is 1. The van der Waals surface area contributed by atoms with Gasteiger partial charge in [-0.1, -0.05) is 18.2 Å². The largest absolute Gasteiger partial charge is 0.326 e. The number of hydrogen-bond acceptors (Lipinski definition) is 3. The Labute approximate surface area is 123 Å². The molecular formula is C17H29N3. The lowest BCUT2D eigenvalue weighted by Gasteiger charge is -2.33. The molecule has 1 aliphatic rings. The molecule has 2 atom stereocenters. The number of aryl methyl sites for hydroxylation is 2. The fourth-order valence-electron chi connectivity index (χ4n) is 3.31. The summed E-state index contributed by atoms with van der Waals surface area (Å²) in [7, 11) is 4.42. The van der Waals surface area contributed by atoms with Gasteiger partial charge in [-0.25, -0.2) is 0 Å². The van der Waals surface area contributed by atoms with Crippen molar-refractivity contribution in [2.75, 3.05) is 33.7 Å². The van der Waals surface area contributed by atoms with Crippen molar-refractivity contribution in [2.24, 2.45) is 5.73 Å². The van der Waals surface area contributed by atoms with Gasteiger partial charge in [-0.15, -0.1) is 0 Å². The van der Waals surface area contributed by atoms with Gasteiger partial charge < -0.3 is 15.5 Å². The summed E-state index contributed by atoms with van der Waals surface area (Å²) in [5.74, 6) is 0. The average molecular weight is 275 g/mol. The van der Waals surface area contributed by atoms with Gasteiger partial charge in [-0.3, -0.25) is 0 Å². The Morgan fingerprint density at radius 1 is 1.20 bits per heavy atom. The van der Waals surface area contributed by atoms with E-state index in [1.54, 1.807) is 0 Å². The zero-order chi connectivity index (χ0) is 14.7. The molecule has 0 aliphatic carbocycles. The summed E-state index contributed by atoms with van der Waals surface area (Å²) < 4.78 is 0. The molecule has 0 saturated carbocycles. The SMILES string of the molecule is Cc1cccc(C)c1CC(N)C1CN(C)CCCN1C. The quantitative estimate of drug-likeness (QED) is 0.913. The first kappa shape index (κ1) is 15.5. The second-order valence-corrected chi connectivity index (χ2v) is 6.40. The minimum Gasteiger partial charge on any atom is -0.326 e. The van der Waals surface area contributed by atoms with Gasteiger partial charge >= 0.3 is 0 Å². The minimum atomic E-state index is 0.195. The molecule has 1 saturated heterocycles. The van der Waals surface area contributed by atoms with E-state index < -0.39 is 0 Å². The molecule has 112 valence electrons. The van der Waals surface area contributed by atoms with Crippen LogP contribution in [0.25, 0.3) is 0 Å². The van der Waals surface area contributed by atoms with Crippen molar-refractivity contribution < 1.29 is 0 Å². The van der Waals surface area contributed by atoms with Crippen molar-refractivity contribution in [2.45, 2.75) is 38.8 Å². The van der Waals surface area contributed by atoms with Crippen LogP contribution in [-0.2, 0) is 6.42 Å². The van der Waals surface area contributed by atoms with Crippen LogP contribution in [0.4, 0.5) is 0 Å². The van der Waals surface area contributed by atoms with E-state index in [0.717, 1.165) is 19.5 Å². The van der Waals surface area contributed by atoms with Crippen molar-refractivity contribution in [3.63, 3.8) is 0 Å². The molecule has 1 fully saturated rings. The van der Waals surface area contributed by atoms with Gasteiger partial charge in [0.15, 0.2) is 0 Å². The number of nitrogens with two attached hydrogens (primary N) is 1. The van der Waals surface area contributed by atoms with Crippen LogP contribution in [-0.4, -0.2) is 55.6 Å². The summed E-state index contributed by atoms with van der Waals surface area (Å²) in [5.41, 5.74) is 10.7. The molecule has 1 heterocycles. The molecule has 0 radical (unpaired) electrons. The third-order valence-corrected chi connectivity index (χ3v) is 4.69. The topological polar surface area (TPSA) is 32.5 Å². The van der Waals surface area contributed by atoms with Gasteiger partial charge in [-0.05, 0) is 70.6 Å². The van der Waals surface area contributed by atoms with E-state index in [2.05, 4.69) is 55.9 Å². The molecule has 20 heavy (non-hydrogen) atoms. The van der Waals surface area contributed by atoms with Crippen LogP contribution >= 0.6 is 0 Å². The Morgan fingerprint density at radius 3 is 2.50 bits per heavy atom. The fraction of sp³-hybridized carbons (Fsp3) is 0.647. The van der Waals surface area contributed by atoms with Gasteiger partial charge in [0.05, 0.1) is 0 Å². The maximum Gasteiger partial charge on any atom is 0.0374 e. The Morgan fingerprint density at radius 2 is 1.85 bits per heavy atom. The first-order valence-electron chi connectivity index (χ1n) is 7.68. The van der Waals surface area contributed by atoms with Gasteiger partial charge in [0.25, 0.3) is 0 Å². The number of rotatable bonds is 3. The second-order valence-electron chi connectivity index (χ2n) is 6.40. The van der Waals surface area contributed by atoms with Crippen LogP contribution in [0.15, 0.2) is 18.2 Å². The van der Waals surface area contributed by atoms with Crippen LogP contribution < -0.4 is 5.73 Å².